The van der Waals surface area contributed by atoms with Crippen LogP contribution in [0, 0.1) is 0 Å². The van der Waals surface area contributed by atoms with Gasteiger partial charge in [0.05, 0.1) is 43.7 Å². The number of benzene rings is 9. The van der Waals surface area contributed by atoms with E-state index in [9.17, 15) is 0 Å². The molecule has 9 aromatic carbocycles. The molecule has 0 aliphatic rings. The molecule has 0 unspecified atom stereocenters. The van der Waals surface area contributed by atoms with Crippen LogP contribution >= 0.6 is 11.3 Å². The van der Waals surface area contributed by atoms with Gasteiger partial charge >= 0.3 is 0 Å². The van der Waals surface area contributed by atoms with Gasteiger partial charge in [-0.05, 0) is 53.9 Å². The molecule has 13 rings (SSSR count). The van der Waals surface area contributed by atoms with Crippen molar-refractivity contribution >= 4 is 96.8 Å². The van der Waals surface area contributed by atoms with Crippen molar-refractivity contribution in [1.29, 1.82) is 0 Å². The smallest absolute Gasteiger partial charge is 0.161 e. The van der Waals surface area contributed by atoms with E-state index < -0.39 is 0 Å². The predicted molar refractivity (Wildman–Crippen MR) is 249 cm³/mol. The van der Waals surface area contributed by atoms with Crippen LogP contribution < -0.4 is 0 Å². The van der Waals surface area contributed by atoms with Crippen molar-refractivity contribution in [2.24, 2.45) is 0 Å². The van der Waals surface area contributed by atoms with E-state index >= 15 is 0 Å². The van der Waals surface area contributed by atoms with Gasteiger partial charge in [0.15, 0.2) is 5.82 Å². The summed E-state index contributed by atoms with van der Waals surface area (Å²) >= 11 is 1.90. The maximum Gasteiger partial charge on any atom is 0.161 e. The summed E-state index contributed by atoms with van der Waals surface area (Å²) in [5.74, 6) is 0.717. The molecule has 13 aromatic rings. The molecule has 59 heavy (non-hydrogen) atoms. The highest BCUT2D eigenvalue weighted by atomic mass is 32.1. The second-order valence-corrected chi connectivity index (χ2v) is 16.3. The van der Waals surface area contributed by atoms with Crippen LogP contribution in [-0.4, -0.2) is 19.1 Å². The van der Waals surface area contributed by atoms with Gasteiger partial charge in [-0.15, -0.1) is 11.3 Å². The molecule has 4 heterocycles. The van der Waals surface area contributed by atoms with Crippen LogP contribution in [0.5, 0.6) is 0 Å². The summed E-state index contributed by atoms with van der Waals surface area (Å²) in [6.45, 7) is 0. The molecule has 0 N–H and O–H groups in total. The van der Waals surface area contributed by atoms with Gasteiger partial charge in [-0.1, -0.05) is 146 Å². The van der Waals surface area contributed by atoms with Gasteiger partial charge < -0.3 is 9.13 Å². The Kier molecular flexibility index (Phi) is 6.85. The van der Waals surface area contributed by atoms with Crippen LogP contribution in [0.1, 0.15) is 0 Å². The molecule has 0 radical (unpaired) electrons. The lowest BCUT2D eigenvalue weighted by Crippen LogP contribution is -1.99. The molecule has 0 amide bonds. The van der Waals surface area contributed by atoms with E-state index in [2.05, 4.69) is 197 Å². The van der Waals surface area contributed by atoms with Gasteiger partial charge in [-0.3, -0.25) is 0 Å². The van der Waals surface area contributed by atoms with Crippen LogP contribution in [0.15, 0.2) is 194 Å². The standard InChI is InChI=1S/C54H32N4S/c1-3-17-33(18-4-1)50-38-23-9-13-27-42(38)55-54(56-50)37-31-32-45(36-22-8-7-21-35(36)37)58-44-29-15-11-25-40(44)48-47-39-24-10-14-28-43(39)57(34-19-5-2-6-20-34)51(47)49-41-26-12-16-30-46(41)59-53(49)52(48)58/h1-32H. The predicted octanol–water partition coefficient (Wildman–Crippen LogP) is 14.7. The van der Waals surface area contributed by atoms with Gasteiger partial charge in [0, 0.05) is 64.6 Å². The molecular weight excluding hydrogens is 737 g/mol. The maximum absolute atomic E-state index is 5.32. The van der Waals surface area contributed by atoms with Gasteiger partial charge in [0.2, 0.25) is 0 Å². The number of hydrogen-bond acceptors (Lipinski definition) is 3. The zero-order valence-electron chi connectivity index (χ0n) is 31.7. The average Bonchev–Trinajstić information content (AvgIpc) is 3.97. The third-order valence-corrected chi connectivity index (χ3v) is 13.3. The Morgan fingerprint density at radius 1 is 0.390 bits per heavy atom. The van der Waals surface area contributed by atoms with Crippen molar-refractivity contribution in [3.8, 4) is 34.0 Å². The molecular formula is C54H32N4S. The van der Waals surface area contributed by atoms with Gasteiger partial charge in [-0.25, -0.2) is 9.97 Å². The first-order valence-corrected chi connectivity index (χ1v) is 20.8. The van der Waals surface area contributed by atoms with Crippen molar-refractivity contribution in [2.75, 3.05) is 0 Å². The van der Waals surface area contributed by atoms with Crippen molar-refractivity contribution in [1.82, 2.24) is 19.1 Å². The quantitative estimate of drug-likeness (QED) is 0.179. The van der Waals surface area contributed by atoms with Gasteiger partial charge in [-0.2, -0.15) is 0 Å². The lowest BCUT2D eigenvalue weighted by atomic mass is 10.0. The lowest BCUT2D eigenvalue weighted by molar-refractivity contribution is 1.19. The topological polar surface area (TPSA) is 35.6 Å². The number of thiophene rings is 1. The number of nitrogens with zero attached hydrogens (tertiary/aromatic N) is 4. The first-order chi connectivity index (χ1) is 29.3. The fourth-order valence-corrected chi connectivity index (χ4v) is 10.9. The lowest BCUT2D eigenvalue weighted by Gasteiger charge is -2.16. The third kappa shape index (κ3) is 4.59. The normalized spacial score (nSPS) is 12.1. The summed E-state index contributed by atoms with van der Waals surface area (Å²) < 4.78 is 7.60. The molecule has 0 spiro atoms. The fraction of sp³-hybridized carbons (Fsp3) is 0. The minimum absolute atomic E-state index is 0.717. The molecule has 0 fully saturated rings. The SMILES string of the molecule is c1ccc(-c2nc(-c3ccc(-n4c5ccccc5c5c6c7ccccc7n(-c7ccccc7)c6c6c7ccccc7sc6c54)c4ccccc34)nc3ccccc23)cc1. The molecule has 4 nitrogen and oxygen atoms in total. The van der Waals surface area contributed by atoms with Crippen LogP contribution in [0.4, 0.5) is 0 Å². The Balaban J connectivity index is 1.19. The molecule has 5 heteroatoms. The number of rotatable bonds is 4. The molecule has 274 valence electrons. The van der Waals surface area contributed by atoms with Gasteiger partial charge in [0.1, 0.15) is 0 Å². The number of fused-ring (bicyclic) bond motifs is 14. The first kappa shape index (κ1) is 32.5. The van der Waals surface area contributed by atoms with Crippen molar-refractivity contribution in [3.63, 3.8) is 0 Å². The minimum atomic E-state index is 0.717. The number of para-hydroxylation sites is 4. The second kappa shape index (κ2) is 12.4. The summed E-state index contributed by atoms with van der Waals surface area (Å²) in [7, 11) is 0. The minimum Gasteiger partial charge on any atom is -0.309 e. The molecule has 0 aliphatic heterocycles. The highest BCUT2D eigenvalue weighted by molar-refractivity contribution is 7.27. The van der Waals surface area contributed by atoms with Crippen molar-refractivity contribution in [3.05, 3.63) is 194 Å². The average molecular weight is 769 g/mol. The monoisotopic (exact) mass is 768 g/mol. The summed E-state index contributed by atoms with van der Waals surface area (Å²) in [5, 5.41) is 10.9. The Morgan fingerprint density at radius 2 is 0.966 bits per heavy atom. The van der Waals surface area contributed by atoms with Crippen LogP contribution in [0.3, 0.4) is 0 Å². The molecule has 0 bridgehead atoms. The summed E-state index contributed by atoms with van der Waals surface area (Å²) in [4.78, 5) is 10.5. The summed E-state index contributed by atoms with van der Waals surface area (Å²) in [6.07, 6.45) is 0. The van der Waals surface area contributed by atoms with E-state index in [0.717, 1.165) is 55.7 Å². The zero-order valence-corrected chi connectivity index (χ0v) is 32.5. The van der Waals surface area contributed by atoms with E-state index in [-0.39, 0.29) is 0 Å². The highest BCUT2D eigenvalue weighted by Gasteiger charge is 2.27. The molecule has 4 aromatic heterocycles. The Bertz CT molecular complexity index is 3840. The summed E-state index contributed by atoms with van der Waals surface area (Å²) in [6, 6.07) is 69.7. The Labute approximate surface area is 342 Å². The van der Waals surface area contributed by atoms with Crippen molar-refractivity contribution < 1.29 is 0 Å². The molecule has 0 saturated carbocycles. The second-order valence-electron chi connectivity index (χ2n) is 15.2. The van der Waals surface area contributed by atoms with Crippen molar-refractivity contribution in [2.45, 2.75) is 0 Å². The number of hydrogen-bond donors (Lipinski definition) is 0. The van der Waals surface area contributed by atoms with E-state index in [4.69, 9.17) is 9.97 Å². The first-order valence-electron chi connectivity index (χ1n) is 20.0. The zero-order chi connectivity index (χ0) is 38.6. The van der Waals surface area contributed by atoms with Gasteiger partial charge in [0.25, 0.3) is 0 Å². The highest BCUT2D eigenvalue weighted by Crippen LogP contribution is 2.51. The molecule has 0 saturated heterocycles. The van der Waals surface area contributed by atoms with E-state index in [1.165, 1.54) is 63.8 Å². The summed E-state index contributed by atoms with van der Waals surface area (Å²) in [5.41, 5.74) is 11.1. The Hall–Kier alpha value is -7.60. The van der Waals surface area contributed by atoms with Crippen LogP contribution in [0.25, 0.3) is 119 Å². The largest absolute Gasteiger partial charge is 0.309 e. The van der Waals surface area contributed by atoms with Crippen LogP contribution in [-0.2, 0) is 0 Å². The number of aromatic nitrogens is 4. The third-order valence-electron chi connectivity index (χ3n) is 12.1. The van der Waals surface area contributed by atoms with Crippen LogP contribution in [0.2, 0.25) is 0 Å². The molecule has 0 aliphatic carbocycles. The maximum atomic E-state index is 5.32. The fourth-order valence-electron chi connectivity index (χ4n) is 9.67. The molecule has 0 atom stereocenters. The Morgan fingerprint density at radius 3 is 1.73 bits per heavy atom. The van der Waals surface area contributed by atoms with E-state index in [1.54, 1.807) is 0 Å². The van der Waals surface area contributed by atoms with E-state index in [0.29, 0.717) is 0 Å². The van der Waals surface area contributed by atoms with E-state index in [1.807, 2.05) is 17.4 Å².